The summed E-state index contributed by atoms with van der Waals surface area (Å²) < 4.78 is 1.85. The van der Waals surface area contributed by atoms with Crippen LogP contribution in [0.3, 0.4) is 0 Å². The number of amides is 5. The van der Waals surface area contributed by atoms with Crippen molar-refractivity contribution in [3.63, 3.8) is 0 Å². The number of aromatic nitrogens is 1. The number of benzene rings is 1. The molecule has 2 aromatic rings. The summed E-state index contributed by atoms with van der Waals surface area (Å²) in [5.41, 5.74) is 5.47. The predicted octanol–water partition coefficient (Wildman–Crippen LogP) is 0.708. The summed E-state index contributed by atoms with van der Waals surface area (Å²) in [7, 11) is 1.85. The van der Waals surface area contributed by atoms with E-state index in [0.29, 0.717) is 31.2 Å². The van der Waals surface area contributed by atoms with Gasteiger partial charge in [0.25, 0.3) is 11.8 Å². The zero-order valence-electron chi connectivity index (χ0n) is 15.4. The van der Waals surface area contributed by atoms with Crippen molar-refractivity contribution in [1.82, 2.24) is 26.1 Å². The Morgan fingerprint density at radius 3 is 2.54 bits per heavy atom. The fourth-order valence-corrected chi connectivity index (χ4v) is 4.06. The highest BCUT2D eigenvalue weighted by molar-refractivity contribution is 6.08. The van der Waals surface area contributed by atoms with Gasteiger partial charge in [0.2, 0.25) is 5.91 Å². The van der Waals surface area contributed by atoms with Gasteiger partial charge in [-0.05, 0) is 31.7 Å². The molecule has 4 rings (SSSR count). The fraction of sp³-hybridized carbons (Fsp3) is 0.368. The number of hydrazine groups is 1. The molecule has 1 saturated carbocycles. The molecule has 1 spiro atoms. The maximum Gasteiger partial charge on any atom is 0.322 e. The summed E-state index contributed by atoms with van der Waals surface area (Å²) in [6.07, 6.45) is 3.39. The van der Waals surface area contributed by atoms with Crippen LogP contribution in [0, 0.1) is 5.92 Å². The zero-order valence-corrected chi connectivity index (χ0v) is 15.4. The van der Waals surface area contributed by atoms with Gasteiger partial charge in [-0.25, -0.2) is 4.79 Å². The van der Waals surface area contributed by atoms with Gasteiger partial charge in [-0.3, -0.25) is 30.6 Å². The number of urea groups is 1. The molecule has 1 aromatic heterocycles. The molecule has 9 heteroatoms. The van der Waals surface area contributed by atoms with E-state index in [-0.39, 0.29) is 23.6 Å². The highest BCUT2D eigenvalue weighted by Crippen LogP contribution is 2.34. The molecule has 1 saturated heterocycles. The van der Waals surface area contributed by atoms with Gasteiger partial charge < -0.3 is 9.88 Å². The van der Waals surface area contributed by atoms with E-state index in [0.717, 1.165) is 10.9 Å². The van der Waals surface area contributed by atoms with E-state index in [2.05, 4.69) is 21.5 Å². The van der Waals surface area contributed by atoms with Crippen LogP contribution in [0.25, 0.3) is 10.9 Å². The standard InChI is InChI=1S/C19H21N5O4/c1-24-10-13(12-4-2-3-5-14(12)24)16(26)23-22-15(25)11-6-8-19(9-7-11)17(27)20-18(28)21-19/h2-5,10-11H,6-9H2,1H3,(H,22,25)(H,23,26)(H2,20,21,27,28). The minimum atomic E-state index is -0.903. The van der Waals surface area contributed by atoms with Crippen molar-refractivity contribution in [2.75, 3.05) is 0 Å². The van der Waals surface area contributed by atoms with Gasteiger partial charge in [0.15, 0.2) is 0 Å². The number of carbonyl (C=O) groups is 4. The molecule has 0 bridgehead atoms. The van der Waals surface area contributed by atoms with Crippen LogP contribution in [0.15, 0.2) is 30.5 Å². The molecule has 0 atom stereocenters. The Bertz CT molecular complexity index is 987. The average Bonchev–Trinajstić information content (AvgIpc) is 3.16. The molecular formula is C19H21N5O4. The van der Waals surface area contributed by atoms with Gasteiger partial charge in [0, 0.05) is 30.1 Å². The lowest BCUT2D eigenvalue weighted by molar-refractivity contribution is -0.130. The molecule has 2 fully saturated rings. The van der Waals surface area contributed by atoms with E-state index in [1.54, 1.807) is 6.20 Å². The second-order valence-electron chi connectivity index (χ2n) is 7.38. The molecule has 1 aliphatic heterocycles. The van der Waals surface area contributed by atoms with Crippen LogP contribution >= 0.6 is 0 Å². The van der Waals surface area contributed by atoms with Crippen molar-refractivity contribution in [2.45, 2.75) is 31.2 Å². The molecule has 5 amide bonds. The highest BCUT2D eigenvalue weighted by Gasteiger charge is 2.48. The second kappa shape index (κ2) is 6.66. The van der Waals surface area contributed by atoms with Crippen LogP contribution in [-0.4, -0.2) is 33.9 Å². The Morgan fingerprint density at radius 1 is 1.14 bits per heavy atom. The molecule has 146 valence electrons. The number of carbonyl (C=O) groups excluding carboxylic acids is 4. The Labute approximate surface area is 160 Å². The fourth-order valence-electron chi connectivity index (χ4n) is 4.06. The zero-order chi connectivity index (χ0) is 19.9. The van der Waals surface area contributed by atoms with Crippen molar-refractivity contribution in [1.29, 1.82) is 0 Å². The van der Waals surface area contributed by atoms with E-state index in [1.165, 1.54) is 0 Å². The predicted molar refractivity (Wildman–Crippen MR) is 99.9 cm³/mol. The third-order valence-corrected chi connectivity index (χ3v) is 5.67. The first-order chi connectivity index (χ1) is 13.4. The minimum Gasteiger partial charge on any atom is -0.350 e. The van der Waals surface area contributed by atoms with E-state index >= 15 is 0 Å². The number of imide groups is 1. The van der Waals surface area contributed by atoms with Crippen molar-refractivity contribution in [3.8, 4) is 0 Å². The first-order valence-electron chi connectivity index (χ1n) is 9.17. The van der Waals surface area contributed by atoms with Crippen LogP contribution < -0.4 is 21.5 Å². The van der Waals surface area contributed by atoms with Crippen LogP contribution in [-0.2, 0) is 16.6 Å². The van der Waals surface area contributed by atoms with Gasteiger partial charge in [-0.2, -0.15) is 0 Å². The van der Waals surface area contributed by atoms with E-state index in [1.807, 2.05) is 35.9 Å². The van der Waals surface area contributed by atoms with Crippen LogP contribution in [0.2, 0.25) is 0 Å². The first-order valence-corrected chi connectivity index (χ1v) is 9.17. The van der Waals surface area contributed by atoms with E-state index in [9.17, 15) is 19.2 Å². The Kier molecular flexibility index (Phi) is 4.29. The normalized spacial score (nSPS) is 24.1. The van der Waals surface area contributed by atoms with Crippen LogP contribution in [0.5, 0.6) is 0 Å². The monoisotopic (exact) mass is 383 g/mol. The van der Waals surface area contributed by atoms with E-state index in [4.69, 9.17) is 0 Å². The molecule has 2 aliphatic rings. The lowest BCUT2D eigenvalue weighted by Crippen LogP contribution is -2.52. The highest BCUT2D eigenvalue weighted by atomic mass is 16.2. The SMILES string of the molecule is Cn1cc(C(=O)NNC(=O)C2CCC3(CC2)NC(=O)NC3=O)c2ccccc21. The Balaban J connectivity index is 1.35. The summed E-state index contributed by atoms with van der Waals surface area (Å²) in [5, 5.41) is 5.72. The Hall–Kier alpha value is -3.36. The maximum absolute atomic E-state index is 12.5. The number of nitrogens with zero attached hydrogens (tertiary/aromatic N) is 1. The summed E-state index contributed by atoms with van der Waals surface area (Å²) in [5.74, 6) is -1.35. The molecule has 0 unspecified atom stereocenters. The van der Waals surface area contributed by atoms with E-state index < -0.39 is 11.6 Å². The Morgan fingerprint density at radius 2 is 1.86 bits per heavy atom. The largest absolute Gasteiger partial charge is 0.350 e. The molecule has 1 aliphatic carbocycles. The lowest BCUT2D eigenvalue weighted by atomic mass is 9.76. The first kappa shape index (κ1) is 18.0. The van der Waals surface area contributed by atoms with Crippen molar-refractivity contribution in [2.24, 2.45) is 13.0 Å². The molecule has 0 radical (unpaired) electrons. The number of para-hydroxylation sites is 1. The molecule has 9 nitrogen and oxygen atoms in total. The topological polar surface area (TPSA) is 121 Å². The summed E-state index contributed by atoms with van der Waals surface area (Å²) >= 11 is 0. The third kappa shape index (κ3) is 2.98. The van der Waals surface area contributed by atoms with Gasteiger partial charge in [-0.15, -0.1) is 0 Å². The van der Waals surface area contributed by atoms with Crippen LogP contribution in [0.4, 0.5) is 4.79 Å². The molecule has 28 heavy (non-hydrogen) atoms. The second-order valence-corrected chi connectivity index (χ2v) is 7.38. The summed E-state index contributed by atoms with van der Waals surface area (Å²) in [6.45, 7) is 0. The van der Waals surface area contributed by atoms with Gasteiger partial charge >= 0.3 is 6.03 Å². The number of rotatable bonds is 2. The van der Waals surface area contributed by atoms with Crippen LogP contribution in [0.1, 0.15) is 36.0 Å². The average molecular weight is 383 g/mol. The number of nitrogens with one attached hydrogen (secondary N) is 4. The van der Waals surface area contributed by atoms with Gasteiger partial charge in [0.1, 0.15) is 5.54 Å². The molecule has 4 N–H and O–H groups in total. The molecule has 2 heterocycles. The smallest absolute Gasteiger partial charge is 0.322 e. The number of hydrogen-bond acceptors (Lipinski definition) is 4. The summed E-state index contributed by atoms with van der Waals surface area (Å²) in [4.78, 5) is 48.3. The third-order valence-electron chi connectivity index (χ3n) is 5.67. The molecular weight excluding hydrogens is 362 g/mol. The summed E-state index contributed by atoms with van der Waals surface area (Å²) in [6, 6.07) is 7.03. The minimum absolute atomic E-state index is 0.298. The lowest BCUT2D eigenvalue weighted by Gasteiger charge is -2.33. The number of hydrogen-bond donors (Lipinski definition) is 4. The number of fused-ring (bicyclic) bond motifs is 1. The van der Waals surface area contributed by atoms with Crippen molar-refractivity contribution in [3.05, 3.63) is 36.0 Å². The number of aryl methyl sites for hydroxylation is 1. The maximum atomic E-state index is 12.5. The molecule has 1 aromatic carbocycles. The van der Waals surface area contributed by atoms with Gasteiger partial charge in [-0.1, -0.05) is 18.2 Å². The van der Waals surface area contributed by atoms with Crippen molar-refractivity contribution >= 4 is 34.7 Å². The quantitative estimate of drug-likeness (QED) is 0.451. The van der Waals surface area contributed by atoms with Gasteiger partial charge in [0.05, 0.1) is 5.56 Å². The van der Waals surface area contributed by atoms with Crippen molar-refractivity contribution < 1.29 is 19.2 Å².